The Hall–Kier alpha value is -0.250. The summed E-state index contributed by atoms with van der Waals surface area (Å²) in [5, 5.41) is -0.134. The first kappa shape index (κ1) is 13.8. The smallest absolute Gasteiger partial charge is 0.318 e. The molecular weight excluding hydrogens is 203 g/mol. The molecule has 0 aliphatic rings. The van der Waals surface area contributed by atoms with Gasteiger partial charge in [-0.1, -0.05) is 0 Å². The van der Waals surface area contributed by atoms with Gasteiger partial charge in [0.2, 0.25) is 0 Å². The number of hydrogen-bond acceptors (Lipinski definition) is 3. The number of esters is 1. The predicted molar refractivity (Wildman–Crippen MR) is 58.4 cm³/mol. The van der Waals surface area contributed by atoms with Crippen molar-refractivity contribution in [2.45, 2.75) is 45.0 Å². The highest BCUT2D eigenvalue weighted by molar-refractivity contribution is 8.00. The van der Waals surface area contributed by atoms with E-state index in [9.17, 15) is 9.18 Å². The van der Waals surface area contributed by atoms with Crippen molar-refractivity contribution in [3.8, 4) is 0 Å². The van der Waals surface area contributed by atoms with Crippen molar-refractivity contribution in [3.63, 3.8) is 0 Å². The molecule has 0 radical (unpaired) electrons. The maximum absolute atomic E-state index is 12.4. The van der Waals surface area contributed by atoms with Crippen LogP contribution in [-0.2, 0) is 9.53 Å². The Kier molecular flexibility index (Phi) is 7.95. The molecule has 0 rings (SSSR count). The lowest BCUT2D eigenvalue weighted by Crippen LogP contribution is -2.17. The lowest BCUT2D eigenvalue weighted by Gasteiger charge is -2.09. The monoisotopic (exact) mass is 222 g/mol. The van der Waals surface area contributed by atoms with Crippen LogP contribution in [0.3, 0.4) is 0 Å². The highest BCUT2D eigenvalue weighted by Gasteiger charge is 2.13. The standard InChI is InChI=1S/C10H19FO2S/c1-4-13-10(12)9(3)14-7-5-6-8(2)11/h8-9H,4-7H2,1-3H3. The molecule has 0 N–H and O–H groups in total. The van der Waals surface area contributed by atoms with Crippen molar-refractivity contribution < 1.29 is 13.9 Å². The molecule has 0 aliphatic heterocycles. The van der Waals surface area contributed by atoms with E-state index in [1.165, 1.54) is 11.8 Å². The van der Waals surface area contributed by atoms with Gasteiger partial charge in [0.1, 0.15) is 0 Å². The number of thioether (sulfide) groups is 1. The Balaban J connectivity index is 3.43. The fourth-order valence-corrected chi connectivity index (χ4v) is 1.84. The molecule has 0 aliphatic carbocycles. The summed E-state index contributed by atoms with van der Waals surface area (Å²) >= 11 is 1.53. The maximum Gasteiger partial charge on any atom is 0.318 e. The van der Waals surface area contributed by atoms with Crippen LogP contribution >= 0.6 is 11.8 Å². The zero-order chi connectivity index (χ0) is 11.0. The third-order valence-electron chi connectivity index (χ3n) is 1.73. The molecule has 0 amide bonds. The summed E-state index contributed by atoms with van der Waals surface area (Å²) in [7, 11) is 0. The number of carbonyl (C=O) groups is 1. The SMILES string of the molecule is CCOC(=O)C(C)SCCCC(C)F. The van der Waals surface area contributed by atoms with Crippen molar-refractivity contribution in [2.24, 2.45) is 0 Å². The minimum absolute atomic E-state index is 0.134. The van der Waals surface area contributed by atoms with Crippen molar-refractivity contribution >= 4 is 17.7 Å². The van der Waals surface area contributed by atoms with Crippen molar-refractivity contribution in [3.05, 3.63) is 0 Å². The van der Waals surface area contributed by atoms with Gasteiger partial charge in [0.15, 0.2) is 0 Å². The Morgan fingerprint density at radius 3 is 2.64 bits per heavy atom. The second-order valence-electron chi connectivity index (χ2n) is 3.19. The van der Waals surface area contributed by atoms with Gasteiger partial charge in [-0.3, -0.25) is 4.79 Å². The largest absolute Gasteiger partial charge is 0.465 e. The lowest BCUT2D eigenvalue weighted by atomic mass is 10.2. The van der Waals surface area contributed by atoms with Gasteiger partial charge < -0.3 is 4.74 Å². The third kappa shape index (κ3) is 7.18. The van der Waals surface area contributed by atoms with Gasteiger partial charge in [-0.05, 0) is 39.4 Å². The van der Waals surface area contributed by atoms with E-state index in [0.29, 0.717) is 13.0 Å². The molecule has 0 fully saturated rings. The van der Waals surface area contributed by atoms with Crippen LogP contribution in [-0.4, -0.2) is 29.8 Å². The van der Waals surface area contributed by atoms with Gasteiger partial charge >= 0.3 is 5.97 Å². The molecule has 0 aromatic carbocycles. The average molecular weight is 222 g/mol. The summed E-state index contributed by atoms with van der Waals surface area (Å²) in [5.41, 5.74) is 0. The molecule has 84 valence electrons. The number of alkyl halides is 1. The van der Waals surface area contributed by atoms with Crippen molar-refractivity contribution in [1.29, 1.82) is 0 Å². The van der Waals surface area contributed by atoms with Crippen LogP contribution in [0.15, 0.2) is 0 Å². The number of hydrogen-bond donors (Lipinski definition) is 0. The molecule has 2 nitrogen and oxygen atoms in total. The normalized spacial score (nSPS) is 14.9. The summed E-state index contributed by atoms with van der Waals surface area (Å²) in [5.74, 6) is 0.639. The maximum atomic E-state index is 12.4. The molecule has 4 heteroatoms. The third-order valence-corrected chi connectivity index (χ3v) is 2.95. The summed E-state index contributed by atoms with van der Waals surface area (Å²) in [6, 6.07) is 0. The van der Waals surface area contributed by atoms with E-state index in [1.807, 2.05) is 6.92 Å². The minimum atomic E-state index is -0.742. The van der Waals surface area contributed by atoms with Gasteiger partial charge in [-0.2, -0.15) is 0 Å². The number of rotatable bonds is 7. The number of ether oxygens (including phenoxy) is 1. The summed E-state index contributed by atoms with van der Waals surface area (Å²) in [4.78, 5) is 11.2. The van der Waals surface area contributed by atoms with Crippen LogP contribution in [0.25, 0.3) is 0 Å². The molecule has 0 aromatic heterocycles. The van der Waals surface area contributed by atoms with E-state index in [4.69, 9.17) is 4.74 Å². The highest BCUT2D eigenvalue weighted by Crippen LogP contribution is 2.15. The van der Waals surface area contributed by atoms with Crippen LogP contribution in [0.4, 0.5) is 4.39 Å². The Bertz CT molecular complexity index is 162. The Morgan fingerprint density at radius 2 is 2.14 bits per heavy atom. The minimum Gasteiger partial charge on any atom is -0.465 e. The van der Waals surface area contributed by atoms with Crippen LogP contribution in [0.1, 0.15) is 33.6 Å². The van der Waals surface area contributed by atoms with Gasteiger partial charge in [0.05, 0.1) is 18.0 Å². The van der Waals surface area contributed by atoms with E-state index < -0.39 is 6.17 Å². The van der Waals surface area contributed by atoms with Crippen molar-refractivity contribution in [2.75, 3.05) is 12.4 Å². The molecule has 0 saturated carbocycles. The average Bonchev–Trinajstić information content (AvgIpc) is 2.12. The molecule has 0 bridgehead atoms. The molecule has 0 saturated heterocycles. The van der Waals surface area contributed by atoms with E-state index in [0.717, 1.165) is 12.2 Å². The molecule has 14 heavy (non-hydrogen) atoms. The fraction of sp³-hybridized carbons (Fsp3) is 0.900. The van der Waals surface area contributed by atoms with E-state index in [-0.39, 0.29) is 11.2 Å². The van der Waals surface area contributed by atoms with Crippen molar-refractivity contribution in [1.82, 2.24) is 0 Å². The second-order valence-corrected chi connectivity index (χ2v) is 4.64. The lowest BCUT2D eigenvalue weighted by molar-refractivity contribution is -0.142. The number of carbonyl (C=O) groups excluding carboxylic acids is 1. The molecule has 0 spiro atoms. The summed E-state index contributed by atoms with van der Waals surface area (Å²) in [6.07, 6.45) is 0.641. The zero-order valence-electron chi connectivity index (χ0n) is 9.09. The van der Waals surface area contributed by atoms with Crippen LogP contribution in [0.5, 0.6) is 0 Å². The van der Waals surface area contributed by atoms with Gasteiger partial charge in [0, 0.05) is 0 Å². The van der Waals surface area contributed by atoms with Gasteiger partial charge in [-0.25, -0.2) is 4.39 Å². The summed E-state index contributed by atoms with van der Waals surface area (Å²) in [6.45, 7) is 5.59. The van der Waals surface area contributed by atoms with Gasteiger partial charge in [-0.15, -0.1) is 11.8 Å². The predicted octanol–water partition coefficient (Wildman–Crippen LogP) is 2.81. The molecule has 2 atom stereocenters. The quantitative estimate of drug-likeness (QED) is 0.489. The molecule has 2 unspecified atom stereocenters. The topological polar surface area (TPSA) is 26.3 Å². The van der Waals surface area contributed by atoms with E-state index in [2.05, 4.69) is 0 Å². The highest BCUT2D eigenvalue weighted by atomic mass is 32.2. The van der Waals surface area contributed by atoms with E-state index in [1.54, 1.807) is 13.8 Å². The van der Waals surface area contributed by atoms with Gasteiger partial charge in [0.25, 0.3) is 0 Å². The molecule has 0 heterocycles. The summed E-state index contributed by atoms with van der Waals surface area (Å²) < 4.78 is 17.3. The fourth-order valence-electron chi connectivity index (χ4n) is 0.952. The Labute approximate surface area is 89.6 Å². The van der Waals surface area contributed by atoms with Crippen LogP contribution in [0, 0.1) is 0 Å². The van der Waals surface area contributed by atoms with E-state index >= 15 is 0 Å². The zero-order valence-corrected chi connectivity index (χ0v) is 9.90. The molecular formula is C10H19FO2S. The first-order valence-corrected chi connectivity index (χ1v) is 6.05. The second kappa shape index (κ2) is 8.09. The van der Waals surface area contributed by atoms with Crippen LogP contribution < -0.4 is 0 Å². The first-order valence-electron chi connectivity index (χ1n) is 5.00. The van der Waals surface area contributed by atoms with Crippen LogP contribution in [0.2, 0.25) is 0 Å². The Morgan fingerprint density at radius 1 is 1.50 bits per heavy atom. The molecule has 0 aromatic rings. The number of halogens is 1. The first-order chi connectivity index (χ1) is 6.57.